The van der Waals surface area contributed by atoms with Crippen LogP contribution in [0.4, 0.5) is 0 Å². The summed E-state index contributed by atoms with van der Waals surface area (Å²) in [6, 6.07) is 5.92. The number of rotatable bonds is 6. The van der Waals surface area contributed by atoms with E-state index in [1.807, 2.05) is 31.3 Å². The lowest BCUT2D eigenvalue weighted by Crippen LogP contribution is -2.39. The molecule has 0 bridgehead atoms. The summed E-state index contributed by atoms with van der Waals surface area (Å²) in [7, 11) is 0. The van der Waals surface area contributed by atoms with Crippen molar-refractivity contribution in [2.75, 3.05) is 6.61 Å². The maximum atomic E-state index is 12.2. The Labute approximate surface area is 125 Å². The number of benzene rings is 1. The molecule has 0 aliphatic heterocycles. The van der Waals surface area contributed by atoms with Crippen LogP contribution in [0.3, 0.4) is 0 Å². The Balaban J connectivity index is 2.06. The molecule has 114 valence electrons. The van der Waals surface area contributed by atoms with E-state index < -0.39 is 0 Å². The summed E-state index contributed by atoms with van der Waals surface area (Å²) in [5.74, 6) is 0.398. The maximum absolute atomic E-state index is 12.2. The average molecular weight is 288 g/mol. The van der Waals surface area contributed by atoms with E-state index in [2.05, 4.69) is 24.1 Å². The smallest absolute Gasteiger partial charge is 0.224 e. The second kappa shape index (κ2) is 6.76. The van der Waals surface area contributed by atoms with Crippen molar-refractivity contribution >= 4 is 16.8 Å². The van der Waals surface area contributed by atoms with Gasteiger partial charge in [-0.2, -0.15) is 0 Å². The summed E-state index contributed by atoms with van der Waals surface area (Å²) in [6.07, 6.45) is 3.01. The molecule has 0 radical (unpaired) electrons. The van der Waals surface area contributed by atoms with Gasteiger partial charge < -0.3 is 15.4 Å². The van der Waals surface area contributed by atoms with Crippen LogP contribution in [0.2, 0.25) is 0 Å². The quantitative estimate of drug-likeness (QED) is 0.765. The maximum Gasteiger partial charge on any atom is 0.224 e. The van der Waals surface area contributed by atoms with Crippen molar-refractivity contribution in [2.45, 2.75) is 39.7 Å². The summed E-state index contributed by atoms with van der Waals surface area (Å²) in [5, 5.41) is 13.3. The van der Waals surface area contributed by atoms with Gasteiger partial charge in [0.05, 0.1) is 19.1 Å². The van der Waals surface area contributed by atoms with Crippen LogP contribution in [0.25, 0.3) is 10.9 Å². The Morgan fingerprint density at radius 3 is 2.81 bits per heavy atom. The Kier molecular flexibility index (Phi) is 5.02. The van der Waals surface area contributed by atoms with Gasteiger partial charge in [-0.15, -0.1) is 0 Å². The van der Waals surface area contributed by atoms with Crippen molar-refractivity contribution in [2.24, 2.45) is 5.92 Å². The number of hydrogen-bond acceptors (Lipinski definition) is 2. The first-order valence-electron chi connectivity index (χ1n) is 7.47. The number of aromatic nitrogens is 1. The fourth-order valence-corrected chi connectivity index (χ4v) is 2.71. The number of H-pyrrole nitrogens is 1. The number of fused-ring (bicyclic) bond motifs is 1. The van der Waals surface area contributed by atoms with Crippen LogP contribution in [0.5, 0.6) is 0 Å². The summed E-state index contributed by atoms with van der Waals surface area (Å²) < 4.78 is 0. The van der Waals surface area contributed by atoms with E-state index in [1.165, 1.54) is 5.56 Å². The molecule has 4 nitrogen and oxygen atoms in total. The Bertz CT molecular complexity index is 616. The van der Waals surface area contributed by atoms with Crippen molar-refractivity contribution in [3.8, 4) is 0 Å². The van der Waals surface area contributed by atoms with E-state index >= 15 is 0 Å². The fourth-order valence-electron chi connectivity index (χ4n) is 2.71. The highest BCUT2D eigenvalue weighted by atomic mass is 16.3. The van der Waals surface area contributed by atoms with Gasteiger partial charge in [-0.1, -0.05) is 32.0 Å². The Morgan fingerprint density at radius 2 is 2.14 bits per heavy atom. The van der Waals surface area contributed by atoms with Crippen LogP contribution in [0.15, 0.2) is 24.4 Å². The average Bonchev–Trinajstić information content (AvgIpc) is 2.82. The molecule has 0 aliphatic carbocycles. The number of aliphatic hydroxyl groups excluding tert-OH is 1. The second-order valence-corrected chi connectivity index (χ2v) is 6.06. The van der Waals surface area contributed by atoms with Crippen LogP contribution in [0.1, 0.15) is 31.4 Å². The molecule has 0 fully saturated rings. The molecule has 0 aliphatic rings. The van der Waals surface area contributed by atoms with E-state index in [0.29, 0.717) is 12.3 Å². The number of nitrogens with one attached hydrogen (secondary N) is 2. The molecule has 2 aromatic rings. The summed E-state index contributed by atoms with van der Waals surface area (Å²) >= 11 is 0. The minimum Gasteiger partial charge on any atom is -0.394 e. The van der Waals surface area contributed by atoms with Crippen LogP contribution in [-0.2, 0) is 11.2 Å². The zero-order valence-corrected chi connectivity index (χ0v) is 12.9. The largest absolute Gasteiger partial charge is 0.394 e. The number of para-hydroxylation sites is 1. The molecule has 0 spiro atoms. The predicted octanol–water partition coefficient (Wildman–Crippen LogP) is 2.54. The number of amides is 1. The van der Waals surface area contributed by atoms with Gasteiger partial charge in [-0.25, -0.2) is 0 Å². The minimum absolute atomic E-state index is 0.0170. The first-order chi connectivity index (χ1) is 10.0. The highest BCUT2D eigenvalue weighted by Gasteiger charge is 2.15. The number of hydrogen-bond donors (Lipinski definition) is 3. The predicted molar refractivity (Wildman–Crippen MR) is 85.2 cm³/mol. The third kappa shape index (κ3) is 3.85. The normalized spacial score (nSPS) is 12.8. The first kappa shape index (κ1) is 15.6. The standard InChI is InChI=1S/C17H24N2O2/c1-11(2)7-14(10-20)19-16(21)8-13-9-18-17-12(3)5-4-6-15(13)17/h4-6,9,11,14,18,20H,7-8,10H2,1-3H3,(H,19,21). The number of aryl methyl sites for hydroxylation is 1. The number of carbonyl (C=O) groups is 1. The molecule has 1 amide bonds. The lowest BCUT2D eigenvalue weighted by molar-refractivity contribution is -0.121. The van der Waals surface area contributed by atoms with Crippen LogP contribution < -0.4 is 5.32 Å². The molecule has 1 heterocycles. The van der Waals surface area contributed by atoms with Crippen LogP contribution in [0, 0.1) is 12.8 Å². The van der Waals surface area contributed by atoms with Crippen molar-refractivity contribution in [3.63, 3.8) is 0 Å². The van der Waals surface area contributed by atoms with E-state index in [4.69, 9.17) is 0 Å². The van der Waals surface area contributed by atoms with Gasteiger partial charge in [0.15, 0.2) is 0 Å². The second-order valence-electron chi connectivity index (χ2n) is 6.06. The number of aliphatic hydroxyl groups is 1. The number of aromatic amines is 1. The van der Waals surface area contributed by atoms with Crippen molar-refractivity contribution in [1.82, 2.24) is 10.3 Å². The molecule has 1 aromatic carbocycles. The molecule has 2 rings (SSSR count). The lowest BCUT2D eigenvalue weighted by Gasteiger charge is -2.18. The molecule has 0 saturated carbocycles. The highest BCUT2D eigenvalue weighted by Crippen LogP contribution is 2.21. The van der Waals surface area contributed by atoms with Crippen molar-refractivity contribution < 1.29 is 9.90 Å². The molecule has 21 heavy (non-hydrogen) atoms. The molecule has 1 aromatic heterocycles. The van der Waals surface area contributed by atoms with Gasteiger partial charge >= 0.3 is 0 Å². The van der Waals surface area contributed by atoms with Crippen LogP contribution in [-0.4, -0.2) is 28.6 Å². The molecule has 4 heteroatoms. The highest BCUT2D eigenvalue weighted by molar-refractivity contribution is 5.90. The minimum atomic E-state index is -0.163. The topological polar surface area (TPSA) is 65.1 Å². The molecular formula is C17H24N2O2. The zero-order chi connectivity index (χ0) is 15.4. The summed E-state index contributed by atoms with van der Waals surface area (Å²) in [6.45, 7) is 6.19. The molecule has 1 atom stereocenters. The molecular weight excluding hydrogens is 264 g/mol. The third-order valence-electron chi connectivity index (χ3n) is 3.70. The summed E-state index contributed by atoms with van der Waals surface area (Å²) in [4.78, 5) is 15.4. The van der Waals surface area contributed by atoms with Gasteiger partial charge in [0.25, 0.3) is 0 Å². The SMILES string of the molecule is Cc1cccc2c(CC(=O)NC(CO)CC(C)C)c[nH]c12. The Morgan fingerprint density at radius 1 is 1.38 bits per heavy atom. The molecule has 3 N–H and O–H groups in total. The van der Waals surface area contributed by atoms with Crippen molar-refractivity contribution in [3.05, 3.63) is 35.5 Å². The zero-order valence-electron chi connectivity index (χ0n) is 12.9. The number of carbonyl (C=O) groups excluding carboxylic acids is 1. The van der Waals surface area contributed by atoms with Gasteiger partial charge in [-0.3, -0.25) is 4.79 Å². The van der Waals surface area contributed by atoms with E-state index in [1.54, 1.807) is 0 Å². The monoisotopic (exact) mass is 288 g/mol. The van der Waals surface area contributed by atoms with E-state index in [-0.39, 0.29) is 18.6 Å². The summed E-state index contributed by atoms with van der Waals surface area (Å²) in [5.41, 5.74) is 3.25. The van der Waals surface area contributed by atoms with Gasteiger partial charge in [-0.05, 0) is 30.4 Å². The van der Waals surface area contributed by atoms with Crippen molar-refractivity contribution in [1.29, 1.82) is 0 Å². The van der Waals surface area contributed by atoms with Gasteiger partial charge in [0.2, 0.25) is 5.91 Å². The van der Waals surface area contributed by atoms with E-state index in [0.717, 1.165) is 22.9 Å². The molecule has 1 unspecified atom stereocenters. The Hall–Kier alpha value is -1.81. The first-order valence-corrected chi connectivity index (χ1v) is 7.47. The van der Waals surface area contributed by atoms with Gasteiger partial charge in [0, 0.05) is 17.1 Å². The van der Waals surface area contributed by atoms with Crippen LogP contribution >= 0.6 is 0 Å². The molecule has 0 saturated heterocycles. The van der Waals surface area contributed by atoms with Gasteiger partial charge in [0.1, 0.15) is 0 Å². The van der Waals surface area contributed by atoms with E-state index in [9.17, 15) is 9.90 Å². The third-order valence-corrected chi connectivity index (χ3v) is 3.70. The lowest BCUT2D eigenvalue weighted by atomic mass is 10.0. The fraction of sp³-hybridized carbons (Fsp3) is 0.471.